The highest BCUT2D eigenvalue weighted by atomic mass is 16.5. The van der Waals surface area contributed by atoms with Crippen LogP contribution in [0, 0.1) is 0 Å². The van der Waals surface area contributed by atoms with Gasteiger partial charge in [-0.05, 0) is 45.4 Å². The predicted molar refractivity (Wildman–Crippen MR) is 77.4 cm³/mol. The van der Waals surface area contributed by atoms with Gasteiger partial charge >= 0.3 is 0 Å². The lowest BCUT2D eigenvalue weighted by atomic mass is 10.2. The molecule has 0 atom stereocenters. The van der Waals surface area contributed by atoms with Crippen molar-refractivity contribution in [3.05, 3.63) is 23.9 Å². The summed E-state index contributed by atoms with van der Waals surface area (Å²) in [4.78, 5) is 4.20. The van der Waals surface area contributed by atoms with E-state index in [1.165, 1.54) is 5.56 Å². The SMILES string of the molecule is CCCNCc1ccnc(OCCOC(C)(C)C)c1. The van der Waals surface area contributed by atoms with Gasteiger partial charge in [0.15, 0.2) is 0 Å². The quantitative estimate of drug-likeness (QED) is 0.735. The predicted octanol–water partition coefficient (Wildman–Crippen LogP) is 2.78. The monoisotopic (exact) mass is 266 g/mol. The molecule has 0 aliphatic carbocycles. The maximum atomic E-state index is 5.60. The van der Waals surface area contributed by atoms with E-state index in [2.05, 4.69) is 17.2 Å². The first kappa shape index (κ1) is 15.9. The van der Waals surface area contributed by atoms with Crippen LogP contribution in [0.5, 0.6) is 5.88 Å². The third-order valence-corrected chi connectivity index (χ3v) is 2.42. The summed E-state index contributed by atoms with van der Waals surface area (Å²) in [6.07, 6.45) is 2.92. The van der Waals surface area contributed by atoms with E-state index in [4.69, 9.17) is 9.47 Å². The number of hydrogen-bond donors (Lipinski definition) is 1. The molecule has 0 amide bonds. The maximum absolute atomic E-state index is 5.60. The summed E-state index contributed by atoms with van der Waals surface area (Å²) < 4.78 is 11.2. The topological polar surface area (TPSA) is 43.4 Å². The highest BCUT2D eigenvalue weighted by Gasteiger charge is 2.09. The number of hydrogen-bond acceptors (Lipinski definition) is 4. The highest BCUT2D eigenvalue weighted by Crippen LogP contribution is 2.10. The Morgan fingerprint density at radius 3 is 2.74 bits per heavy atom. The Morgan fingerprint density at radius 2 is 2.05 bits per heavy atom. The van der Waals surface area contributed by atoms with Crippen LogP contribution in [0.1, 0.15) is 39.7 Å². The fraction of sp³-hybridized carbons (Fsp3) is 0.667. The van der Waals surface area contributed by atoms with Gasteiger partial charge in [-0.25, -0.2) is 4.98 Å². The Bertz CT molecular complexity index is 361. The number of nitrogens with zero attached hydrogens (tertiary/aromatic N) is 1. The number of aromatic nitrogens is 1. The molecule has 0 unspecified atom stereocenters. The molecule has 0 aliphatic rings. The van der Waals surface area contributed by atoms with E-state index in [0.29, 0.717) is 19.1 Å². The molecule has 4 nitrogen and oxygen atoms in total. The van der Waals surface area contributed by atoms with Crippen LogP contribution in [0.2, 0.25) is 0 Å². The summed E-state index contributed by atoms with van der Waals surface area (Å²) >= 11 is 0. The van der Waals surface area contributed by atoms with Crippen molar-refractivity contribution in [1.29, 1.82) is 0 Å². The van der Waals surface area contributed by atoms with Gasteiger partial charge < -0.3 is 14.8 Å². The van der Waals surface area contributed by atoms with Crippen molar-refractivity contribution in [2.24, 2.45) is 0 Å². The second kappa shape index (κ2) is 8.12. The molecule has 108 valence electrons. The zero-order valence-corrected chi connectivity index (χ0v) is 12.5. The smallest absolute Gasteiger partial charge is 0.213 e. The molecule has 0 aromatic carbocycles. The molecule has 4 heteroatoms. The number of rotatable bonds is 8. The molecule has 0 radical (unpaired) electrons. The third kappa shape index (κ3) is 7.80. The van der Waals surface area contributed by atoms with Crippen LogP contribution >= 0.6 is 0 Å². The molecule has 0 aliphatic heterocycles. The van der Waals surface area contributed by atoms with E-state index in [1.807, 2.05) is 32.9 Å². The van der Waals surface area contributed by atoms with Crippen molar-refractivity contribution < 1.29 is 9.47 Å². The van der Waals surface area contributed by atoms with Crippen molar-refractivity contribution in [2.45, 2.75) is 46.3 Å². The van der Waals surface area contributed by atoms with Crippen LogP contribution < -0.4 is 10.1 Å². The second-order valence-electron chi connectivity index (χ2n) is 5.49. The molecule has 1 aromatic rings. The Balaban J connectivity index is 2.31. The van der Waals surface area contributed by atoms with Gasteiger partial charge in [0.05, 0.1) is 12.2 Å². The maximum Gasteiger partial charge on any atom is 0.213 e. The summed E-state index contributed by atoms with van der Waals surface area (Å²) in [5, 5.41) is 3.36. The fourth-order valence-corrected chi connectivity index (χ4v) is 1.54. The molecule has 19 heavy (non-hydrogen) atoms. The summed E-state index contributed by atoms with van der Waals surface area (Å²) in [6, 6.07) is 3.97. The van der Waals surface area contributed by atoms with Gasteiger partial charge in [-0.1, -0.05) is 6.92 Å². The lowest BCUT2D eigenvalue weighted by Crippen LogP contribution is -2.22. The van der Waals surface area contributed by atoms with Crippen LogP contribution in [0.4, 0.5) is 0 Å². The van der Waals surface area contributed by atoms with Gasteiger partial charge in [0.2, 0.25) is 5.88 Å². The van der Waals surface area contributed by atoms with Gasteiger partial charge in [-0.2, -0.15) is 0 Å². The van der Waals surface area contributed by atoms with Crippen molar-refractivity contribution in [1.82, 2.24) is 10.3 Å². The fourth-order valence-electron chi connectivity index (χ4n) is 1.54. The average molecular weight is 266 g/mol. The Hall–Kier alpha value is -1.13. The first-order chi connectivity index (χ1) is 9.01. The highest BCUT2D eigenvalue weighted by molar-refractivity contribution is 5.20. The molecule has 1 heterocycles. The Morgan fingerprint density at radius 1 is 1.26 bits per heavy atom. The standard InChI is InChI=1S/C15H26N2O2/c1-5-7-16-12-13-6-8-17-14(11-13)18-9-10-19-15(2,3)4/h6,8,11,16H,5,7,9-10,12H2,1-4H3. The van der Waals surface area contributed by atoms with E-state index in [-0.39, 0.29) is 5.60 Å². The van der Waals surface area contributed by atoms with Crippen LogP contribution in [-0.2, 0) is 11.3 Å². The molecule has 0 saturated heterocycles. The minimum absolute atomic E-state index is 0.122. The van der Waals surface area contributed by atoms with E-state index < -0.39 is 0 Å². The summed E-state index contributed by atoms with van der Waals surface area (Å²) in [6.45, 7) is 11.2. The van der Waals surface area contributed by atoms with Gasteiger partial charge in [-0.15, -0.1) is 0 Å². The molecule has 1 N–H and O–H groups in total. The van der Waals surface area contributed by atoms with Crippen molar-refractivity contribution in [3.63, 3.8) is 0 Å². The van der Waals surface area contributed by atoms with Crippen molar-refractivity contribution in [2.75, 3.05) is 19.8 Å². The van der Waals surface area contributed by atoms with Crippen LogP contribution in [0.3, 0.4) is 0 Å². The molecular weight excluding hydrogens is 240 g/mol. The van der Waals surface area contributed by atoms with E-state index in [1.54, 1.807) is 6.20 Å². The van der Waals surface area contributed by atoms with E-state index >= 15 is 0 Å². The number of ether oxygens (including phenoxy) is 2. The van der Waals surface area contributed by atoms with Crippen molar-refractivity contribution in [3.8, 4) is 5.88 Å². The zero-order chi connectivity index (χ0) is 14.1. The number of nitrogens with one attached hydrogen (secondary N) is 1. The van der Waals surface area contributed by atoms with E-state index in [9.17, 15) is 0 Å². The first-order valence-electron chi connectivity index (χ1n) is 6.93. The summed E-state index contributed by atoms with van der Waals surface area (Å²) in [7, 11) is 0. The second-order valence-corrected chi connectivity index (χ2v) is 5.49. The van der Waals surface area contributed by atoms with Crippen molar-refractivity contribution >= 4 is 0 Å². The molecule has 0 spiro atoms. The minimum atomic E-state index is -0.122. The molecular formula is C15H26N2O2. The van der Waals surface area contributed by atoms with Crippen LogP contribution in [0.15, 0.2) is 18.3 Å². The number of pyridine rings is 1. The largest absolute Gasteiger partial charge is 0.475 e. The van der Waals surface area contributed by atoms with Gasteiger partial charge in [0.1, 0.15) is 6.61 Å². The zero-order valence-electron chi connectivity index (χ0n) is 12.5. The van der Waals surface area contributed by atoms with Gasteiger partial charge in [-0.3, -0.25) is 0 Å². The Labute approximate surface area is 116 Å². The molecule has 0 saturated carbocycles. The summed E-state index contributed by atoms with van der Waals surface area (Å²) in [5.74, 6) is 0.660. The summed E-state index contributed by atoms with van der Waals surface area (Å²) in [5.41, 5.74) is 1.07. The molecule has 1 aromatic heterocycles. The lowest BCUT2D eigenvalue weighted by molar-refractivity contribution is -0.0168. The Kier molecular flexibility index (Phi) is 6.81. The van der Waals surface area contributed by atoms with Crippen LogP contribution in [-0.4, -0.2) is 30.3 Å². The molecule has 0 bridgehead atoms. The average Bonchev–Trinajstić information content (AvgIpc) is 2.35. The van der Waals surface area contributed by atoms with E-state index in [0.717, 1.165) is 19.5 Å². The van der Waals surface area contributed by atoms with Crippen LogP contribution in [0.25, 0.3) is 0 Å². The lowest BCUT2D eigenvalue weighted by Gasteiger charge is -2.19. The first-order valence-corrected chi connectivity index (χ1v) is 6.93. The minimum Gasteiger partial charge on any atom is -0.475 e. The molecule has 0 fully saturated rings. The molecule has 1 rings (SSSR count). The van der Waals surface area contributed by atoms with Gasteiger partial charge in [0.25, 0.3) is 0 Å². The normalized spacial score (nSPS) is 11.6. The third-order valence-electron chi connectivity index (χ3n) is 2.42. The van der Waals surface area contributed by atoms with Gasteiger partial charge in [0, 0.05) is 18.8 Å².